The fourth-order valence-corrected chi connectivity index (χ4v) is 3.93. The monoisotopic (exact) mass is 438 g/mol. The molecular formula is C20H18N6O2S2. The van der Waals surface area contributed by atoms with E-state index < -0.39 is 0 Å². The Labute approximate surface area is 181 Å². The fourth-order valence-electron chi connectivity index (χ4n) is 2.73. The lowest BCUT2D eigenvalue weighted by atomic mass is 10.3. The molecule has 0 bridgehead atoms. The highest BCUT2D eigenvalue weighted by Crippen LogP contribution is 2.24. The van der Waals surface area contributed by atoms with E-state index in [1.54, 1.807) is 36.6 Å². The van der Waals surface area contributed by atoms with Gasteiger partial charge in [0.2, 0.25) is 5.91 Å². The van der Waals surface area contributed by atoms with Gasteiger partial charge in [-0.2, -0.15) is 0 Å². The van der Waals surface area contributed by atoms with Crippen LogP contribution in [0.3, 0.4) is 0 Å². The topological polar surface area (TPSA) is 98.7 Å². The lowest BCUT2D eigenvalue weighted by Crippen LogP contribution is -2.15. The first kappa shape index (κ1) is 20.2. The Balaban J connectivity index is 1.50. The molecule has 3 aromatic heterocycles. The van der Waals surface area contributed by atoms with Crippen LogP contribution >= 0.6 is 23.5 Å². The molecule has 1 amide bonds. The third kappa shape index (κ3) is 4.89. The molecule has 4 aromatic rings. The number of anilines is 1. The maximum absolute atomic E-state index is 12.5. The number of hydrogen-bond acceptors (Lipinski definition) is 8. The largest absolute Gasteiger partial charge is 0.467 e. The molecule has 152 valence electrons. The van der Waals surface area contributed by atoms with Crippen molar-refractivity contribution in [1.29, 1.82) is 0 Å². The van der Waals surface area contributed by atoms with Crippen LogP contribution in [-0.2, 0) is 11.3 Å². The van der Waals surface area contributed by atoms with Crippen molar-refractivity contribution >= 4 is 35.1 Å². The molecule has 1 aromatic carbocycles. The molecule has 0 aliphatic heterocycles. The van der Waals surface area contributed by atoms with E-state index in [1.807, 2.05) is 47.2 Å². The van der Waals surface area contributed by atoms with Crippen LogP contribution < -0.4 is 5.32 Å². The second-order valence-electron chi connectivity index (χ2n) is 6.13. The Morgan fingerprint density at radius 1 is 1.20 bits per heavy atom. The van der Waals surface area contributed by atoms with Crippen LogP contribution in [0.15, 0.2) is 75.7 Å². The highest BCUT2D eigenvalue weighted by atomic mass is 32.2. The molecule has 8 nitrogen and oxygen atoms in total. The SMILES string of the molecule is CSc1cccc(NC(=O)CSc2nnc(-c3cnccn3)n2Cc2ccco2)c1. The third-order valence-corrected chi connectivity index (χ3v) is 5.78. The van der Waals surface area contributed by atoms with Gasteiger partial charge in [0, 0.05) is 23.0 Å². The number of aromatic nitrogens is 5. The van der Waals surface area contributed by atoms with Gasteiger partial charge in [0.15, 0.2) is 11.0 Å². The van der Waals surface area contributed by atoms with E-state index in [4.69, 9.17) is 4.42 Å². The average molecular weight is 439 g/mol. The molecule has 0 saturated heterocycles. The van der Waals surface area contributed by atoms with Crippen molar-refractivity contribution in [2.45, 2.75) is 16.6 Å². The van der Waals surface area contributed by atoms with Crippen LogP contribution in [0.25, 0.3) is 11.5 Å². The number of carbonyl (C=O) groups is 1. The van der Waals surface area contributed by atoms with Gasteiger partial charge in [-0.05, 0) is 36.6 Å². The van der Waals surface area contributed by atoms with Gasteiger partial charge < -0.3 is 9.73 Å². The van der Waals surface area contributed by atoms with Gasteiger partial charge in [-0.3, -0.25) is 14.3 Å². The second-order valence-corrected chi connectivity index (χ2v) is 7.95. The minimum absolute atomic E-state index is 0.119. The van der Waals surface area contributed by atoms with Gasteiger partial charge in [-0.25, -0.2) is 4.98 Å². The molecule has 0 aliphatic rings. The summed E-state index contributed by atoms with van der Waals surface area (Å²) in [4.78, 5) is 22.0. The summed E-state index contributed by atoms with van der Waals surface area (Å²) in [5.41, 5.74) is 1.37. The Bertz CT molecular complexity index is 1120. The number of nitrogens with zero attached hydrogens (tertiary/aromatic N) is 5. The predicted molar refractivity (Wildman–Crippen MR) is 116 cm³/mol. The summed E-state index contributed by atoms with van der Waals surface area (Å²) in [6.07, 6.45) is 8.44. The Kier molecular flexibility index (Phi) is 6.45. The summed E-state index contributed by atoms with van der Waals surface area (Å²) >= 11 is 2.93. The molecule has 10 heteroatoms. The number of furan rings is 1. The molecule has 0 saturated carbocycles. The number of thioether (sulfide) groups is 2. The van der Waals surface area contributed by atoms with E-state index in [9.17, 15) is 4.79 Å². The molecule has 0 fully saturated rings. The van der Waals surface area contributed by atoms with Crippen molar-refractivity contribution in [3.63, 3.8) is 0 Å². The molecule has 0 spiro atoms. The number of hydrogen-bond donors (Lipinski definition) is 1. The summed E-state index contributed by atoms with van der Waals surface area (Å²) in [6, 6.07) is 11.4. The zero-order valence-electron chi connectivity index (χ0n) is 16.1. The molecule has 30 heavy (non-hydrogen) atoms. The van der Waals surface area contributed by atoms with Gasteiger partial charge in [-0.15, -0.1) is 22.0 Å². The van der Waals surface area contributed by atoms with E-state index in [-0.39, 0.29) is 11.7 Å². The smallest absolute Gasteiger partial charge is 0.234 e. The quantitative estimate of drug-likeness (QED) is 0.415. The van der Waals surface area contributed by atoms with E-state index in [0.29, 0.717) is 23.2 Å². The highest BCUT2D eigenvalue weighted by molar-refractivity contribution is 7.99. The second kappa shape index (κ2) is 9.59. The normalized spacial score (nSPS) is 10.8. The van der Waals surface area contributed by atoms with E-state index in [0.717, 1.165) is 16.3 Å². The molecule has 4 rings (SSSR count). The first-order valence-electron chi connectivity index (χ1n) is 9.01. The van der Waals surface area contributed by atoms with Crippen molar-refractivity contribution in [2.75, 3.05) is 17.3 Å². The average Bonchev–Trinajstić information content (AvgIpc) is 3.43. The van der Waals surface area contributed by atoms with Crippen molar-refractivity contribution in [3.05, 3.63) is 67.0 Å². The predicted octanol–water partition coefficient (Wildman–Crippen LogP) is 3.83. The van der Waals surface area contributed by atoms with E-state index in [1.165, 1.54) is 11.8 Å². The zero-order chi connectivity index (χ0) is 20.8. The standard InChI is InChI=1S/C20H18N6O2S2/c1-29-16-6-2-4-14(10-16)23-18(27)13-30-20-25-24-19(17-11-21-7-8-22-17)26(20)12-15-5-3-9-28-15/h2-11H,12-13H2,1H3,(H,23,27). The highest BCUT2D eigenvalue weighted by Gasteiger charge is 2.18. The molecular weight excluding hydrogens is 420 g/mol. The van der Waals surface area contributed by atoms with Crippen molar-refractivity contribution in [2.24, 2.45) is 0 Å². The van der Waals surface area contributed by atoms with E-state index >= 15 is 0 Å². The Morgan fingerprint density at radius 3 is 2.90 bits per heavy atom. The van der Waals surface area contributed by atoms with Crippen LogP contribution in [0.1, 0.15) is 5.76 Å². The maximum Gasteiger partial charge on any atom is 0.234 e. The molecule has 0 unspecified atom stereocenters. The molecule has 0 aliphatic carbocycles. The summed E-state index contributed by atoms with van der Waals surface area (Å²) in [5, 5.41) is 12.0. The van der Waals surface area contributed by atoms with Crippen LogP contribution in [-0.4, -0.2) is 42.6 Å². The van der Waals surface area contributed by atoms with Crippen LogP contribution in [0.2, 0.25) is 0 Å². The molecule has 0 atom stereocenters. The molecule has 3 heterocycles. The van der Waals surface area contributed by atoms with Gasteiger partial charge in [-0.1, -0.05) is 17.8 Å². The summed E-state index contributed by atoms with van der Waals surface area (Å²) < 4.78 is 7.35. The number of benzene rings is 1. The summed E-state index contributed by atoms with van der Waals surface area (Å²) in [6.45, 7) is 0.422. The van der Waals surface area contributed by atoms with Gasteiger partial charge in [0.1, 0.15) is 11.5 Å². The van der Waals surface area contributed by atoms with Crippen molar-refractivity contribution in [3.8, 4) is 11.5 Å². The van der Waals surface area contributed by atoms with Crippen LogP contribution in [0.5, 0.6) is 0 Å². The zero-order valence-corrected chi connectivity index (χ0v) is 17.7. The lowest BCUT2D eigenvalue weighted by molar-refractivity contribution is -0.113. The van der Waals surface area contributed by atoms with E-state index in [2.05, 4.69) is 25.5 Å². The van der Waals surface area contributed by atoms with Crippen molar-refractivity contribution < 1.29 is 9.21 Å². The first-order chi connectivity index (χ1) is 14.7. The Hall–Kier alpha value is -3.11. The minimum atomic E-state index is -0.119. The number of nitrogens with one attached hydrogen (secondary N) is 1. The van der Waals surface area contributed by atoms with Crippen molar-refractivity contribution in [1.82, 2.24) is 24.7 Å². The van der Waals surface area contributed by atoms with Gasteiger partial charge in [0.25, 0.3) is 0 Å². The number of amides is 1. The lowest BCUT2D eigenvalue weighted by Gasteiger charge is -2.09. The fraction of sp³-hybridized carbons (Fsp3) is 0.150. The van der Waals surface area contributed by atoms with Gasteiger partial charge >= 0.3 is 0 Å². The maximum atomic E-state index is 12.5. The Morgan fingerprint density at radius 2 is 2.13 bits per heavy atom. The first-order valence-corrected chi connectivity index (χ1v) is 11.2. The van der Waals surface area contributed by atoms with Gasteiger partial charge in [0.05, 0.1) is 24.8 Å². The third-order valence-electron chi connectivity index (χ3n) is 4.09. The molecule has 1 N–H and O–H groups in total. The molecule has 0 radical (unpaired) electrons. The number of carbonyl (C=O) groups excluding carboxylic acids is 1. The summed E-state index contributed by atoms with van der Waals surface area (Å²) in [7, 11) is 0. The summed E-state index contributed by atoms with van der Waals surface area (Å²) in [5.74, 6) is 1.39. The minimum Gasteiger partial charge on any atom is -0.467 e. The van der Waals surface area contributed by atoms with Crippen LogP contribution in [0.4, 0.5) is 5.69 Å². The van der Waals surface area contributed by atoms with Crippen LogP contribution in [0, 0.1) is 0 Å². The number of rotatable bonds is 8.